The summed E-state index contributed by atoms with van der Waals surface area (Å²) in [6.45, 7) is 11.8. The molecule has 0 aromatic carbocycles. The van der Waals surface area contributed by atoms with Crippen LogP contribution in [0, 0.1) is 5.41 Å². The summed E-state index contributed by atoms with van der Waals surface area (Å²) in [5.41, 5.74) is 0.317. The van der Waals surface area contributed by atoms with E-state index in [2.05, 4.69) is 33.0 Å². The Kier molecular flexibility index (Phi) is 11.6. The van der Waals surface area contributed by atoms with Crippen molar-refractivity contribution in [2.75, 3.05) is 26.3 Å². The number of aliphatic hydroxyl groups is 1. The van der Waals surface area contributed by atoms with E-state index in [1.54, 1.807) is 0 Å². The molecule has 1 unspecified atom stereocenters. The predicted octanol–water partition coefficient (Wildman–Crippen LogP) is 3.36. The van der Waals surface area contributed by atoms with Crippen molar-refractivity contribution in [3.05, 3.63) is 0 Å². The quantitative estimate of drug-likeness (QED) is 0.506. The van der Waals surface area contributed by atoms with Crippen LogP contribution in [0.25, 0.3) is 0 Å². The molecule has 3 nitrogen and oxygen atoms in total. The standard InChI is InChI=1S/C16H35NO2/c1-5-7-9-10-16(3,4)14-17-12-15(18)13-19-11-8-6-2/h15,17-18H,5-14H2,1-4H3. The zero-order valence-electron chi connectivity index (χ0n) is 13.5. The minimum atomic E-state index is -0.386. The normalized spacial score (nSPS) is 13.7. The molecule has 2 N–H and O–H groups in total. The summed E-state index contributed by atoms with van der Waals surface area (Å²) < 4.78 is 5.41. The first kappa shape index (κ1) is 18.9. The third-order valence-corrected chi connectivity index (χ3v) is 3.39. The third-order valence-electron chi connectivity index (χ3n) is 3.39. The van der Waals surface area contributed by atoms with Gasteiger partial charge in [0.2, 0.25) is 0 Å². The van der Waals surface area contributed by atoms with Crippen LogP contribution in [-0.2, 0) is 4.74 Å². The second-order valence-corrected chi connectivity index (χ2v) is 6.33. The first-order valence-electron chi connectivity index (χ1n) is 7.98. The molecule has 0 bridgehead atoms. The Balaban J connectivity index is 3.53. The molecule has 0 aliphatic carbocycles. The molecule has 0 aromatic rings. The highest BCUT2D eigenvalue weighted by molar-refractivity contribution is 4.72. The van der Waals surface area contributed by atoms with E-state index >= 15 is 0 Å². The van der Waals surface area contributed by atoms with Crippen LogP contribution in [0.1, 0.15) is 66.2 Å². The summed E-state index contributed by atoms with van der Waals surface area (Å²) in [4.78, 5) is 0. The monoisotopic (exact) mass is 273 g/mol. The van der Waals surface area contributed by atoms with Crippen LogP contribution in [0.3, 0.4) is 0 Å². The second kappa shape index (κ2) is 11.7. The Morgan fingerprint density at radius 3 is 2.42 bits per heavy atom. The van der Waals surface area contributed by atoms with Crippen LogP contribution in [0.15, 0.2) is 0 Å². The molecular weight excluding hydrogens is 238 g/mol. The summed E-state index contributed by atoms with van der Waals surface area (Å²) in [5, 5.41) is 13.1. The Morgan fingerprint density at radius 2 is 1.79 bits per heavy atom. The van der Waals surface area contributed by atoms with Gasteiger partial charge in [-0.25, -0.2) is 0 Å². The van der Waals surface area contributed by atoms with Crippen molar-refractivity contribution < 1.29 is 9.84 Å². The molecule has 0 heterocycles. The van der Waals surface area contributed by atoms with Crippen LogP contribution >= 0.6 is 0 Å². The minimum Gasteiger partial charge on any atom is -0.389 e. The van der Waals surface area contributed by atoms with Gasteiger partial charge in [0.25, 0.3) is 0 Å². The van der Waals surface area contributed by atoms with Crippen molar-refractivity contribution in [2.24, 2.45) is 5.41 Å². The number of unbranched alkanes of at least 4 members (excludes halogenated alkanes) is 3. The fourth-order valence-corrected chi connectivity index (χ4v) is 2.04. The average Bonchev–Trinajstić information content (AvgIpc) is 2.34. The van der Waals surface area contributed by atoms with Gasteiger partial charge in [0.15, 0.2) is 0 Å². The number of ether oxygens (including phenoxy) is 1. The maximum absolute atomic E-state index is 9.77. The van der Waals surface area contributed by atoms with E-state index in [4.69, 9.17) is 4.74 Å². The van der Waals surface area contributed by atoms with Crippen LogP contribution in [0.2, 0.25) is 0 Å². The predicted molar refractivity (Wildman–Crippen MR) is 82.5 cm³/mol. The second-order valence-electron chi connectivity index (χ2n) is 6.33. The van der Waals surface area contributed by atoms with Crippen LogP contribution in [-0.4, -0.2) is 37.5 Å². The van der Waals surface area contributed by atoms with Crippen molar-refractivity contribution in [3.63, 3.8) is 0 Å². The Bertz CT molecular complexity index is 195. The third kappa shape index (κ3) is 12.6. The van der Waals surface area contributed by atoms with Crippen LogP contribution in [0.4, 0.5) is 0 Å². The van der Waals surface area contributed by atoms with E-state index in [9.17, 15) is 5.11 Å². The SMILES string of the molecule is CCCCCC(C)(C)CNCC(O)COCCCC. The van der Waals surface area contributed by atoms with Crippen molar-refractivity contribution >= 4 is 0 Å². The molecule has 0 amide bonds. The summed E-state index contributed by atoms with van der Waals surface area (Å²) in [6, 6.07) is 0. The van der Waals surface area contributed by atoms with E-state index in [0.29, 0.717) is 18.6 Å². The lowest BCUT2D eigenvalue weighted by Gasteiger charge is -2.25. The molecule has 0 spiro atoms. The summed E-state index contributed by atoms with van der Waals surface area (Å²) in [7, 11) is 0. The first-order valence-corrected chi connectivity index (χ1v) is 7.98. The molecule has 0 aliphatic heterocycles. The van der Waals surface area contributed by atoms with Crippen molar-refractivity contribution in [1.82, 2.24) is 5.32 Å². The molecule has 0 aromatic heterocycles. The topological polar surface area (TPSA) is 41.5 Å². The smallest absolute Gasteiger partial charge is 0.0897 e. The van der Waals surface area contributed by atoms with E-state index in [0.717, 1.165) is 26.0 Å². The van der Waals surface area contributed by atoms with Crippen molar-refractivity contribution in [1.29, 1.82) is 0 Å². The van der Waals surface area contributed by atoms with Crippen molar-refractivity contribution in [3.8, 4) is 0 Å². The van der Waals surface area contributed by atoms with E-state index in [-0.39, 0.29) is 6.10 Å². The van der Waals surface area contributed by atoms with Gasteiger partial charge in [-0.2, -0.15) is 0 Å². The Labute approximate surface area is 120 Å². The highest BCUT2D eigenvalue weighted by Crippen LogP contribution is 2.22. The van der Waals surface area contributed by atoms with Gasteiger partial charge in [0.1, 0.15) is 0 Å². The summed E-state index contributed by atoms with van der Waals surface area (Å²) in [5.74, 6) is 0. The maximum atomic E-state index is 9.77. The first-order chi connectivity index (χ1) is 9.02. The lowest BCUT2D eigenvalue weighted by atomic mass is 9.87. The maximum Gasteiger partial charge on any atom is 0.0897 e. The molecule has 1 atom stereocenters. The summed E-state index contributed by atoms with van der Waals surface area (Å²) in [6.07, 6.45) is 6.97. The zero-order valence-corrected chi connectivity index (χ0v) is 13.5. The molecule has 0 saturated heterocycles. The van der Waals surface area contributed by atoms with E-state index in [1.807, 2.05) is 0 Å². The van der Waals surface area contributed by atoms with E-state index < -0.39 is 0 Å². The molecule has 0 fully saturated rings. The minimum absolute atomic E-state index is 0.317. The number of aliphatic hydroxyl groups excluding tert-OH is 1. The van der Waals surface area contributed by atoms with Gasteiger partial charge in [-0.1, -0.05) is 53.4 Å². The lowest BCUT2D eigenvalue weighted by molar-refractivity contribution is 0.0347. The van der Waals surface area contributed by atoms with Crippen LogP contribution in [0.5, 0.6) is 0 Å². The molecule has 0 radical (unpaired) electrons. The number of rotatable bonds is 13. The van der Waals surface area contributed by atoms with Gasteiger partial charge in [-0.3, -0.25) is 0 Å². The summed E-state index contributed by atoms with van der Waals surface area (Å²) >= 11 is 0. The van der Waals surface area contributed by atoms with Gasteiger partial charge in [0.05, 0.1) is 12.7 Å². The molecule has 116 valence electrons. The molecule has 3 heteroatoms. The lowest BCUT2D eigenvalue weighted by Crippen LogP contribution is -2.36. The van der Waals surface area contributed by atoms with Gasteiger partial charge in [-0.05, 0) is 18.3 Å². The van der Waals surface area contributed by atoms with Crippen LogP contribution < -0.4 is 5.32 Å². The number of hydrogen-bond acceptors (Lipinski definition) is 3. The molecule has 19 heavy (non-hydrogen) atoms. The molecule has 0 rings (SSSR count). The Morgan fingerprint density at radius 1 is 1.11 bits per heavy atom. The van der Waals surface area contributed by atoms with Gasteiger partial charge < -0.3 is 15.2 Å². The fourth-order valence-electron chi connectivity index (χ4n) is 2.04. The largest absolute Gasteiger partial charge is 0.389 e. The van der Waals surface area contributed by atoms with Gasteiger partial charge in [-0.15, -0.1) is 0 Å². The fraction of sp³-hybridized carbons (Fsp3) is 1.00. The number of hydrogen-bond donors (Lipinski definition) is 2. The molecule has 0 aliphatic rings. The van der Waals surface area contributed by atoms with Crippen molar-refractivity contribution in [2.45, 2.75) is 72.3 Å². The van der Waals surface area contributed by atoms with E-state index in [1.165, 1.54) is 25.7 Å². The average molecular weight is 273 g/mol. The highest BCUT2D eigenvalue weighted by Gasteiger charge is 2.17. The molecular formula is C16H35NO2. The molecule has 0 saturated carbocycles. The van der Waals surface area contributed by atoms with Gasteiger partial charge in [0, 0.05) is 19.7 Å². The number of nitrogens with one attached hydrogen (secondary N) is 1. The van der Waals surface area contributed by atoms with Gasteiger partial charge >= 0.3 is 0 Å². The zero-order chi connectivity index (χ0) is 14.6. The Hall–Kier alpha value is -0.120. The highest BCUT2D eigenvalue weighted by atomic mass is 16.5.